The molecule has 1 amide bonds. The van der Waals surface area contributed by atoms with Crippen LogP contribution in [0.25, 0.3) is 0 Å². The molecule has 0 aliphatic heterocycles. The van der Waals surface area contributed by atoms with Gasteiger partial charge in [-0.25, -0.2) is 0 Å². The highest BCUT2D eigenvalue weighted by atomic mass is 35.5. The third-order valence-corrected chi connectivity index (χ3v) is 1.01. The third kappa shape index (κ3) is 1.66. The molecule has 51 valence electrons. The summed E-state index contributed by atoms with van der Waals surface area (Å²) in [5.74, 6) is 0.333. The Hall–Kier alpha value is -1.16. The number of amides is 1. The highest BCUT2D eigenvalue weighted by molar-refractivity contribution is 6.29. The Labute approximate surface area is 62.2 Å². The SMILES string of the molecule is O=[C]Nc1ccc(Cl)nn1. The van der Waals surface area contributed by atoms with Crippen LogP contribution in [0.15, 0.2) is 12.1 Å². The molecule has 1 aromatic rings. The maximum absolute atomic E-state index is 9.72. The number of hydrogen-bond donors (Lipinski definition) is 1. The van der Waals surface area contributed by atoms with Crippen LogP contribution in [0.1, 0.15) is 0 Å². The van der Waals surface area contributed by atoms with Gasteiger partial charge in [-0.2, -0.15) is 0 Å². The first-order chi connectivity index (χ1) is 4.83. The van der Waals surface area contributed by atoms with Crippen LogP contribution in [0.4, 0.5) is 5.82 Å². The number of carbonyl (C=O) groups excluding carboxylic acids is 1. The van der Waals surface area contributed by atoms with Crippen LogP contribution in [0.2, 0.25) is 5.15 Å². The zero-order valence-corrected chi connectivity index (χ0v) is 5.59. The summed E-state index contributed by atoms with van der Waals surface area (Å²) in [6.45, 7) is 0. The maximum Gasteiger partial charge on any atom is 0.315 e. The number of nitrogens with zero attached hydrogens (tertiary/aromatic N) is 2. The van der Waals surface area contributed by atoms with Gasteiger partial charge in [0, 0.05) is 0 Å². The quantitative estimate of drug-likeness (QED) is 0.639. The zero-order valence-electron chi connectivity index (χ0n) is 4.84. The van der Waals surface area contributed by atoms with Crippen LogP contribution in [0.3, 0.4) is 0 Å². The van der Waals surface area contributed by atoms with E-state index >= 15 is 0 Å². The lowest BCUT2D eigenvalue weighted by Gasteiger charge is -1.92. The van der Waals surface area contributed by atoms with Crippen molar-refractivity contribution < 1.29 is 4.79 Å². The topological polar surface area (TPSA) is 54.9 Å². The smallest absolute Gasteiger partial charge is 0.301 e. The van der Waals surface area contributed by atoms with Gasteiger partial charge in [0.05, 0.1) is 0 Å². The highest BCUT2D eigenvalue weighted by Crippen LogP contribution is 2.04. The lowest BCUT2D eigenvalue weighted by molar-refractivity contribution is 0.560. The molecule has 1 radical (unpaired) electrons. The number of halogens is 1. The number of anilines is 1. The molecule has 0 saturated heterocycles. The molecule has 10 heavy (non-hydrogen) atoms. The number of rotatable bonds is 2. The number of hydrogen-bond acceptors (Lipinski definition) is 3. The van der Waals surface area contributed by atoms with Gasteiger partial charge >= 0.3 is 6.41 Å². The average Bonchev–Trinajstić information content (AvgIpc) is 1.95. The summed E-state index contributed by atoms with van der Waals surface area (Å²) in [5, 5.41) is 9.47. The molecule has 0 atom stereocenters. The van der Waals surface area contributed by atoms with Gasteiger partial charge in [-0.05, 0) is 12.1 Å². The molecule has 0 aliphatic rings. The van der Waals surface area contributed by atoms with Gasteiger partial charge in [-0.1, -0.05) is 11.6 Å². The predicted octanol–water partition coefficient (Wildman–Crippen LogP) is 0.609. The van der Waals surface area contributed by atoms with E-state index in [0.717, 1.165) is 0 Å². The summed E-state index contributed by atoms with van der Waals surface area (Å²) in [5.41, 5.74) is 0. The fraction of sp³-hybridized carbons (Fsp3) is 0. The van der Waals surface area contributed by atoms with Crippen LogP contribution < -0.4 is 5.32 Å². The van der Waals surface area contributed by atoms with Gasteiger partial charge in [0.25, 0.3) is 0 Å². The minimum absolute atomic E-state index is 0.288. The summed E-state index contributed by atoms with van der Waals surface area (Å²) in [6.07, 6.45) is 1.46. The van der Waals surface area contributed by atoms with Gasteiger partial charge < -0.3 is 5.32 Å². The van der Waals surface area contributed by atoms with Crippen molar-refractivity contribution in [1.29, 1.82) is 0 Å². The number of nitrogens with one attached hydrogen (secondary N) is 1. The molecule has 0 saturated carbocycles. The van der Waals surface area contributed by atoms with E-state index in [1.165, 1.54) is 18.5 Å². The molecular formula is C5H3ClN3O. The molecule has 0 aromatic carbocycles. The monoisotopic (exact) mass is 156 g/mol. The summed E-state index contributed by atoms with van der Waals surface area (Å²) >= 11 is 5.41. The summed E-state index contributed by atoms with van der Waals surface area (Å²) in [6, 6.07) is 3.05. The van der Waals surface area contributed by atoms with E-state index in [1.807, 2.05) is 0 Å². The molecule has 1 rings (SSSR count). The molecular weight excluding hydrogens is 154 g/mol. The van der Waals surface area contributed by atoms with Gasteiger partial charge in [-0.15, -0.1) is 10.2 Å². The fourth-order valence-corrected chi connectivity index (χ4v) is 0.536. The molecule has 1 heterocycles. The van der Waals surface area contributed by atoms with Crippen molar-refractivity contribution in [2.75, 3.05) is 5.32 Å². The first-order valence-corrected chi connectivity index (χ1v) is 2.83. The van der Waals surface area contributed by atoms with Gasteiger partial charge in [0.15, 0.2) is 11.0 Å². The lowest BCUT2D eigenvalue weighted by atomic mass is 10.5. The minimum Gasteiger partial charge on any atom is -0.301 e. The van der Waals surface area contributed by atoms with Crippen LogP contribution in [-0.4, -0.2) is 16.6 Å². The van der Waals surface area contributed by atoms with Crippen LogP contribution in [0, 0.1) is 0 Å². The van der Waals surface area contributed by atoms with Gasteiger partial charge in [0.2, 0.25) is 0 Å². The van der Waals surface area contributed by atoms with Crippen molar-refractivity contribution >= 4 is 23.8 Å². The van der Waals surface area contributed by atoms with Gasteiger partial charge in [-0.3, -0.25) is 4.79 Å². The van der Waals surface area contributed by atoms with Crippen molar-refractivity contribution in [3.05, 3.63) is 17.3 Å². The van der Waals surface area contributed by atoms with E-state index < -0.39 is 0 Å². The van der Waals surface area contributed by atoms with E-state index in [1.54, 1.807) is 0 Å². The minimum atomic E-state index is 0.288. The van der Waals surface area contributed by atoms with E-state index in [2.05, 4.69) is 15.5 Å². The second-order valence-electron chi connectivity index (χ2n) is 1.47. The van der Waals surface area contributed by atoms with E-state index in [0.29, 0.717) is 5.82 Å². The first kappa shape index (κ1) is 6.95. The predicted molar refractivity (Wildman–Crippen MR) is 36.4 cm³/mol. The Balaban J connectivity index is 2.78. The molecule has 0 spiro atoms. The van der Waals surface area contributed by atoms with Gasteiger partial charge in [0.1, 0.15) is 0 Å². The molecule has 1 aromatic heterocycles. The fourth-order valence-electron chi connectivity index (χ4n) is 0.435. The zero-order chi connectivity index (χ0) is 7.40. The number of aromatic nitrogens is 2. The molecule has 0 aliphatic carbocycles. The Kier molecular flexibility index (Phi) is 2.17. The standard InChI is InChI=1S/C5H3ClN3O/c6-4-1-2-5(7-3-10)9-8-4/h1-2H,(H,7,9,10). The molecule has 0 unspecified atom stereocenters. The van der Waals surface area contributed by atoms with Crippen LogP contribution in [-0.2, 0) is 4.79 Å². The van der Waals surface area contributed by atoms with Crippen molar-refractivity contribution in [2.45, 2.75) is 0 Å². The molecule has 0 bridgehead atoms. The molecule has 5 heteroatoms. The Morgan fingerprint density at radius 2 is 2.30 bits per heavy atom. The normalized spacial score (nSPS) is 8.90. The van der Waals surface area contributed by atoms with Crippen molar-refractivity contribution in [3.8, 4) is 0 Å². The Morgan fingerprint density at radius 3 is 2.80 bits per heavy atom. The van der Waals surface area contributed by atoms with E-state index in [-0.39, 0.29) is 5.15 Å². The average molecular weight is 157 g/mol. The second-order valence-corrected chi connectivity index (χ2v) is 1.86. The summed E-state index contributed by atoms with van der Waals surface area (Å²) in [7, 11) is 0. The summed E-state index contributed by atoms with van der Waals surface area (Å²) < 4.78 is 0. The lowest BCUT2D eigenvalue weighted by Crippen LogP contribution is -1.97. The first-order valence-electron chi connectivity index (χ1n) is 2.45. The molecule has 4 nitrogen and oxygen atoms in total. The third-order valence-electron chi connectivity index (χ3n) is 0.811. The maximum atomic E-state index is 9.72. The van der Waals surface area contributed by atoms with Crippen LogP contribution in [0.5, 0.6) is 0 Å². The molecule has 0 fully saturated rings. The Bertz CT molecular complexity index is 223. The second kappa shape index (κ2) is 3.12. The van der Waals surface area contributed by atoms with Crippen molar-refractivity contribution in [1.82, 2.24) is 10.2 Å². The highest BCUT2D eigenvalue weighted by Gasteiger charge is 1.91. The summed E-state index contributed by atoms with van der Waals surface area (Å²) in [4.78, 5) is 9.72. The molecule has 1 N–H and O–H groups in total. The van der Waals surface area contributed by atoms with E-state index in [9.17, 15) is 4.79 Å². The largest absolute Gasteiger partial charge is 0.315 e. The van der Waals surface area contributed by atoms with Crippen LogP contribution >= 0.6 is 11.6 Å². The van der Waals surface area contributed by atoms with E-state index in [4.69, 9.17) is 11.6 Å². The Morgan fingerprint density at radius 1 is 1.50 bits per heavy atom. The van der Waals surface area contributed by atoms with Crippen molar-refractivity contribution in [3.63, 3.8) is 0 Å². The van der Waals surface area contributed by atoms with Crippen molar-refractivity contribution in [2.24, 2.45) is 0 Å².